The first-order valence-corrected chi connectivity index (χ1v) is 3.19. The maximum absolute atomic E-state index is 8.34. The summed E-state index contributed by atoms with van der Waals surface area (Å²) in [5.74, 6) is 0. The van der Waals surface area contributed by atoms with Crippen LogP contribution in [-0.2, 0) is 20.7 Å². The summed E-state index contributed by atoms with van der Waals surface area (Å²) in [5, 5.41) is 16.7. The van der Waals surface area contributed by atoms with Crippen LogP contribution >= 0.6 is 0 Å². The molecule has 47 valence electrons. The van der Waals surface area contributed by atoms with Crippen LogP contribution < -0.4 is 0 Å². The summed E-state index contributed by atoms with van der Waals surface area (Å²) in [5.41, 5.74) is 0. The van der Waals surface area contributed by atoms with Crippen molar-refractivity contribution in [2.75, 3.05) is 26.3 Å². The third-order valence-corrected chi connectivity index (χ3v) is 1.44. The van der Waals surface area contributed by atoms with Gasteiger partial charge >= 0.3 is 60.6 Å². The normalized spacial score (nSPS) is 10.2. The van der Waals surface area contributed by atoms with E-state index < -0.39 is 0 Å². The Kier molecular flexibility index (Phi) is 6.15. The Bertz CT molecular complexity index is 47.3. The molecule has 3 nitrogen and oxygen atoms in total. The summed E-state index contributed by atoms with van der Waals surface area (Å²) in [7, 11) is 0. The van der Waals surface area contributed by atoms with Crippen LogP contribution in [-0.4, -0.2) is 39.9 Å². The van der Waals surface area contributed by atoms with Gasteiger partial charge in [0.25, 0.3) is 0 Å². The zero-order chi connectivity index (χ0) is 6.41. The number of aliphatic hydroxyl groups is 2. The molecule has 0 aliphatic rings. The molecule has 0 aliphatic carbocycles. The van der Waals surface area contributed by atoms with E-state index in [2.05, 4.69) is 0 Å². The van der Waals surface area contributed by atoms with Crippen molar-refractivity contribution in [1.29, 1.82) is 0 Å². The zero-order valence-corrected chi connectivity index (χ0v) is 6.23. The zero-order valence-electron chi connectivity index (χ0n) is 4.67. The fourth-order valence-corrected chi connectivity index (χ4v) is 0.666. The van der Waals surface area contributed by atoms with E-state index in [1.54, 1.807) is 0 Å². The van der Waals surface area contributed by atoms with Gasteiger partial charge in [0.15, 0.2) is 0 Å². The molecule has 0 aromatic rings. The predicted octanol–water partition coefficient (Wildman–Crippen LogP) is -1.27. The van der Waals surface area contributed by atoms with Crippen LogP contribution in [0.2, 0.25) is 0 Å². The van der Waals surface area contributed by atoms with Crippen LogP contribution in [0, 0.1) is 0 Å². The molecule has 0 aromatic heterocycles. The molecular weight excluding hydrogens is 142 g/mol. The average molecular weight is 152 g/mol. The average Bonchev–Trinajstić information content (AvgIpc) is 1.68. The van der Waals surface area contributed by atoms with Gasteiger partial charge in [-0.2, -0.15) is 0 Å². The molecule has 0 aromatic carbocycles. The molecule has 0 unspecified atom stereocenters. The van der Waals surface area contributed by atoms with Crippen molar-refractivity contribution in [2.45, 2.75) is 0 Å². The van der Waals surface area contributed by atoms with Gasteiger partial charge in [-0.3, -0.25) is 0 Å². The molecule has 0 aliphatic heterocycles. The first-order chi connectivity index (χ1) is 3.81. The Morgan fingerprint density at radius 3 is 1.75 bits per heavy atom. The molecule has 0 heterocycles. The first-order valence-electron chi connectivity index (χ1n) is 2.49. The van der Waals surface area contributed by atoms with Crippen molar-refractivity contribution in [3.8, 4) is 0 Å². The van der Waals surface area contributed by atoms with E-state index in [0.717, 1.165) is 0 Å². The molecule has 0 saturated heterocycles. The fraction of sp³-hybridized carbons (Fsp3) is 1.00. The topological polar surface area (TPSA) is 43.7 Å². The minimum atomic E-state index is 0.163. The van der Waals surface area contributed by atoms with E-state index in [1.807, 2.05) is 24.1 Å². The number of hydrogen-bond acceptors (Lipinski definition) is 3. The van der Waals surface area contributed by atoms with Gasteiger partial charge in [-0.1, -0.05) is 0 Å². The van der Waals surface area contributed by atoms with Crippen LogP contribution in [0.25, 0.3) is 0 Å². The van der Waals surface area contributed by atoms with Gasteiger partial charge in [-0.15, -0.1) is 0 Å². The third kappa shape index (κ3) is 4.75. The van der Waals surface area contributed by atoms with Gasteiger partial charge in [-0.25, -0.2) is 0 Å². The third-order valence-electron chi connectivity index (χ3n) is 0.740. The fourth-order valence-electron chi connectivity index (χ4n) is 0.353. The molecular formula is C4H10NO2Ti. The van der Waals surface area contributed by atoms with E-state index in [4.69, 9.17) is 10.2 Å². The number of hydrogen-bond donors (Lipinski definition) is 2. The second-order valence-corrected chi connectivity index (χ2v) is 2.42. The van der Waals surface area contributed by atoms with E-state index in [-0.39, 0.29) is 13.2 Å². The van der Waals surface area contributed by atoms with Crippen LogP contribution in [0.15, 0.2) is 0 Å². The van der Waals surface area contributed by atoms with Crippen molar-refractivity contribution in [3.05, 3.63) is 0 Å². The van der Waals surface area contributed by atoms with Gasteiger partial charge in [0.05, 0.1) is 0 Å². The molecule has 0 rings (SSSR count). The van der Waals surface area contributed by atoms with Crippen LogP contribution in [0.1, 0.15) is 0 Å². The summed E-state index contributed by atoms with van der Waals surface area (Å²) in [6, 6.07) is 0. The summed E-state index contributed by atoms with van der Waals surface area (Å²) in [4.78, 5) is 0. The van der Waals surface area contributed by atoms with Crippen molar-refractivity contribution in [2.24, 2.45) is 0 Å². The van der Waals surface area contributed by atoms with Crippen molar-refractivity contribution >= 4 is 0 Å². The molecule has 8 heavy (non-hydrogen) atoms. The standard InChI is InChI=1S/C4H10NO2.Ti/c6-3-1-5-2-4-7;/h6-7H,1-4H2;/q-1;+1. The Labute approximate surface area is 61.0 Å². The van der Waals surface area contributed by atoms with Gasteiger partial charge in [-0.05, 0) is 0 Å². The second kappa shape index (κ2) is 5.73. The molecule has 0 fully saturated rings. The van der Waals surface area contributed by atoms with Crippen LogP contribution in [0.3, 0.4) is 0 Å². The first kappa shape index (κ1) is 8.59. The van der Waals surface area contributed by atoms with Crippen molar-refractivity contribution in [3.63, 3.8) is 0 Å². The monoisotopic (exact) mass is 152 g/mol. The number of nitrogens with zero attached hydrogens (tertiary/aromatic N) is 1. The predicted molar refractivity (Wildman–Crippen MR) is 25.7 cm³/mol. The molecule has 4 heteroatoms. The molecule has 2 N–H and O–H groups in total. The maximum atomic E-state index is 8.34. The van der Waals surface area contributed by atoms with E-state index >= 15 is 0 Å². The Hall–Kier alpha value is 0.594. The second-order valence-electron chi connectivity index (χ2n) is 1.43. The molecule has 0 atom stereocenters. The molecule has 0 radical (unpaired) electrons. The molecule has 0 saturated carbocycles. The SMILES string of the molecule is OCC[N]([Ti])CCO. The van der Waals surface area contributed by atoms with Crippen molar-refractivity contribution < 1.29 is 30.9 Å². The molecule has 0 spiro atoms. The van der Waals surface area contributed by atoms with Crippen LogP contribution in [0.4, 0.5) is 0 Å². The van der Waals surface area contributed by atoms with Crippen LogP contribution in [0.5, 0.6) is 0 Å². The van der Waals surface area contributed by atoms with E-state index in [0.29, 0.717) is 13.1 Å². The Morgan fingerprint density at radius 2 is 1.50 bits per heavy atom. The number of rotatable bonds is 4. The van der Waals surface area contributed by atoms with Crippen molar-refractivity contribution in [1.82, 2.24) is 3.38 Å². The summed E-state index contributed by atoms with van der Waals surface area (Å²) >= 11 is 1.85. The summed E-state index contributed by atoms with van der Waals surface area (Å²) < 4.78 is 1.86. The Balaban J connectivity index is 2.92. The van der Waals surface area contributed by atoms with Gasteiger partial charge in [0.1, 0.15) is 0 Å². The van der Waals surface area contributed by atoms with E-state index in [1.165, 1.54) is 0 Å². The molecule has 0 amide bonds. The summed E-state index contributed by atoms with van der Waals surface area (Å²) in [6.45, 7) is 1.61. The van der Waals surface area contributed by atoms with Gasteiger partial charge < -0.3 is 0 Å². The van der Waals surface area contributed by atoms with E-state index in [9.17, 15) is 0 Å². The summed E-state index contributed by atoms with van der Waals surface area (Å²) in [6.07, 6.45) is 0. The van der Waals surface area contributed by atoms with Gasteiger partial charge in [0.2, 0.25) is 0 Å². The quantitative estimate of drug-likeness (QED) is 0.494. The minimum absolute atomic E-state index is 0.163. The number of aliphatic hydroxyl groups excluding tert-OH is 2. The molecule has 0 bridgehead atoms. The Morgan fingerprint density at radius 1 is 1.12 bits per heavy atom. The van der Waals surface area contributed by atoms with Gasteiger partial charge in [0, 0.05) is 0 Å².